The second-order valence-electron chi connectivity index (χ2n) is 5.37. The molecule has 0 spiro atoms. The van der Waals surface area contributed by atoms with Crippen molar-refractivity contribution in [1.82, 2.24) is 0 Å². The number of hydrogen-bond acceptors (Lipinski definition) is 1. The summed E-state index contributed by atoms with van der Waals surface area (Å²) in [6, 6.07) is 31.8. The Balaban J connectivity index is 2.31. The van der Waals surface area contributed by atoms with E-state index < -0.39 is 18.4 Å². The van der Waals surface area contributed by atoms with E-state index in [2.05, 4.69) is 72.8 Å². The molecule has 0 aliphatic rings. The fraction of sp³-hybridized carbons (Fsp3) is 0.0500. The summed E-state index contributed by atoms with van der Waals surface area (Å²) in [6.07, 6.45) is 1.11. The van der Waals surface area contributed by atoms with Crippen molar-refractivity contribution in [2.45, 2.75) is 4.44 Å². The molecule has 0 fully saturated rings. The van der Waals surface area contributed by atoms with Crippen molar-refractivity contribution >= 4 is 35.4 Å². The molecule has 0 N–H and O–H groups in total. The van der Waals surface area contributed by atoms with Crippen molar-refractivity contribution in [2.75, 3.05) is 0 Å². The van der Waals surface area contributed by atoms with Gasteiger partial charge in [0.25, 0.3) is 0 Å². The van der Waals surface area contributed by atoms with E-state index in [1.54, 1.807) is 0 Å². The Morgan fingerprint density at radius 1 is 0.591 bits per heavy atom. The maximum absolute atomic E-state index is 11.6. The van der Waals surface area contributed by atoms with Gasteiger partial charge in [-0.05, 0) is 0 Å². The average Bonchev–Trinajstić information content (AvgIpc) is 2.62. The molecule has 0 aliphatic heterocycles. The van der Waals surface area contributed by atoms with Crippen molar-refractivity contribution < 1.29 is 4.79 Å². The van der Waals surface area contributed by atoms with Crippen LogP contribution in [-0.4, -0.2) is 24.7 Å². The number of carbonyl (C=O) groups is 1. The minimum absolute atomic E-state index is 0.632. The summed E-state index contributed by atoms with van der Waals surface area (Å²) >= 11 is -3.24. The van der Waals surface area contributed by atoms with Crippen LogP contribution in [0.25, 0.3) is 0 Å². The maximum atomic E-state index is 11.6. The molecule has 0 heterocycles. The van der Waals surface area contributed by atoms with E-state index in [4.69, 9.17) is 0 Å². The molecule has 22 heavy (non-hydrogen) atoms. The molecule has 0 aliphatic carbocycles. The van der Waals surface area contributed by atoms with Gasteiger partial charge in [-0.2, -0.15) is 0 Å². The van der Waals surface area contributed by atoms with Gasteiger partial charge in [-0.15, -0.1) is 0 Å². The molecule has 0 bridgehead atoms. The molecule has 0 saturated carbocycles. The van der Waals surface area contributed by atoms with Gasteiger partial charge >= 0.3 is 136 Å². The van der Waals surface area contributed by atoms with Crippen LogP contribution >= 0.6 is 0 Å². The Hall–Kier alpha value is -1.87. The Labute approximate surface area is 135 Å². The van der Waals surface area contributed by atoms with E-state index in [-0.39, 0.29) is 0 Å². The first kappa shape index (κ1) is 15.0. The van der Waals surface area contributed by atoms with Crippen LogP contribution in [-0.2, 0) is 4.79 Å². The first-order valence-electron chi connectivity index (χ1n) is 7.48. The van der Waals surface area contributed by atoms with Gasteiger partial charge in [0.05, 0.1) is 0 Å². The fourth-order valence-electron chi connectivity index (χ4n) is 3.15. The third-order valence-corrected chi connectivity index (χ3v) is 17.7. The molecule has 0 saturated heterocycles. The molecule has 0 radical (unpaired) electrons. The number of benzene rings is 3. The van der Waals surface area contributed by atoms with Crippen molar-refractivity contribution in [1.29, 1.82) is 0 Å². The second-order valence-corrected chi connectivity index (χ2v) is 16.7. The van der Waals surface area contributed by atoms with Crippen LogP contribution in [0.5, 0.6) is 0 Å². The van der Waals surface area contributed by atoms with E-state index in [1.165, 1.54) is 10.7 Å². The van der Waals surface area contributed by atoms with E-state index in [0.29, 0.717) is 4.44 Å². The second kappa shape index (κ2) is 6.93. The normalized spacial score (nSPS) is 11.1. The zero-order valence-corrected chi connectivity index (χ0v) is 15.2. The van der Waals surface area contributed by atoms with Crippen LogP contribution in [0.15, 0.2) is 91.0 Å². The molecule has 0 aromatic heterocycles. The average molecular weight is 393 g/mol. The summed E-state index contributed by atoms with van der Waals surface area (Å²) in [4.78, 5) is 11.6. The molecule has 3 rings (SSSR count). The van der Waals surface area contributed by atoms with Crippen LogP contribution in [0.4, 0.5) is 0 Å². The molecule has 3 aromatic carbocycles. The number of aldehydes is 1. The Morgan fingerprint density at radius 3 is 1.18 bits per heavy atom. The summed E-state index contributed by atoms with van der Waals surface area (Å²) < 4.78 is 4.68. The van der Waals surface area contributed by atoms with E-state index in [9.17, 15) is 4.79 Å². The number of carbonyl (C=O) groups excluding carboxylic acids is 1. The molecule has 3 aromatic rings. The van der Waals surface area contributed by atoms with Gasteiger partial charge in [-0.25, -0.2) is 0 Å². The Morgan fingerprint density at radius 2 is 0.909 bits per heavy atom. The molecular formula is C20H18OSn. The van der Waals surface area contributed by atoms with Crippen LogP contribution in [0.3, 0.4) is 0 Å². The van der Waals surface area contributed by atoms with Crippen molar-refractivity contribution in [3.05, 3.63) is 91.0 Å². The molecule has 0 amide bonds. The molecular weight excluding hydrogens is 375 g/mol. The van der Waals surface area contributed by atoms with Gasteiger partial charge in [0, 0.05) is 0 Å². The summed E-state index contributed by atoms with van der Waals surface area (Å²) in [5.74, 6) is 0. The number of rotatable bonds is 5. The third kappa shape index (κ3) is 2.73. The SMILES string of the molecule is O=C[CH2][Sn]([c]1ccccc1)([c]1ccccc1)[c]1ccccc1. The minimum atomic E-state index is -3.24. The standard InChI is InChI=1S/3C6H5.C2H3O.Sn/c3*1-2-4-6-5-3-1;1-2-3;/h3*1-5H;2H,1H2;. The predicted molar refractivity (Wildman–Crippen MR) is 94.9 cm³/mol. The van der Waals surface area contributed by atoms with Crippen LogP contribution in [0.1, 0.15) is 0 Å². The van der Waals surface area contributed by atoms with Gasteiger partial charge in [-0.3, -0.25) is 0 Å². The topological polar surface area (TPSA) is 17.1 Å². The Kier molecular flexibility index (Phi) is 4.73. The van der Waals surface area contributed by atoms with E-state index in [0.717, 1.165) is 6.29 Å². The molecule has 1 nitrogen and oxygen atoms in total. The van der Waals surface area contributed by atoms with Crippen LogP contribution in [0, 0.1) is 0 Å². The van der Waals surface area contributed by atoms with E-state index in [1.807, 2.05) is 18.2 Å². The van der Waals surface area contributed by atoms with Crippen molar-refractivity contribution in [2.24, 2.45) is 0 Å². The van der Waals surface area contributed by atoms with Crippen LogP contribution < -0.4 is 10.7 Å². The van der Waals surface area contributed by atoms with Gasteiger partial charge in [0.1, 0.15) is 0 Å². The molecule has 0 unspecified atom stereocenters. The van der Waals surface area contributed by atoms with Gasteiger partial charge in [0.15, 0.2) is 0 Å². The summed E-state index contributed by atoms with van der Waals surface area (Å²) in [5, 5.41) is 0. The van der Waals surface area contributed by atoms with Crippen molar-refractivity contribution in [3.8, 4) is 0 Å². The quantitative estimate of drug-likeness (QED) is 0.481. The summed E-state index contributed by atoms with van der Waals surface area (Å²) in [7, 11) is 0. The Bertz CT molecular complexity index is 627. The first-order valence-corrected chi connectivity index (χ1v) is 13.8. The third-order valence-electron chi connectivity index (χ3n) is 4.19. The molecule has 2 heteroatoms. The summed E-state index contributed by atoms with van der Waals surface area (Å²) in [5.41, 5.74) is 0. The zero-order chi connectivity index (χ0) is 15.3. The molecule has 108 valence electrons. The summed E-state index contributed by atoms with van der Waals surface area (Å²) in [6.45, 7) is 0. The predicted octanol–water partition coefficient (Wildman–Crippen LogP) is 2.36. The zero-order valence-electron chi connectivity index (χ0n) is 12.4. The van der Waals surface area contributed by atoms with Crippen LogP contribution in [0.2, 0.25) is 4.44 Å². The monoisotopic (exact) mass is 394 g/mol. The van der Waals surface area contributed by atoms with Gasteiger partial charge < -0.3 is 0 Å². The van der Waals surface area contributed by atoms with Gasteiger partial charge in [0.2, 0.25) is 0 Å². The molecule has 0 atom stereocenters. The van der Waals surface area contributed by atoms with Gasteiger partial charge in [-0.1, -0.05) is 0 Å². The van der Waals surface area contributed by atoms with Crippen molar-refractivity contribution in [3.63, 3.8) is 0 Å². The fourth-order valence-corrected chi connectivity index (χ4v) is 15.3. The number of hydrogen-bond donors (Lipinski definition) is 0. The van der Waals surface area contributed by atoms with E-state index >= 15 is 0 Å². The first-order chi connectivity index (χ1) is 10.9.